The molecule has 0 heterocycles. The van der Waals surface area contributed by atoms with Gasteiger partial charge in [-0.2, -0.15) is 0 Å². The first-order valence-corrected chi connectivity index (χ1v) is 4.11. The first-order chi connectivity index (χ1) is 4.66. The molecule has 1 atom stereocenters. The first-order valence-electron chi connectivity index (χ1n) is 3.31. The third-order valence-electron chi connectivity index (χ3n) is 1.12. The highest BCUT2D eigenvalue weighted by atomic mass is 79.9. The molecular weight excluding hydrogens is 194 g/mol. The van der Waals surface area contributed by atoms with Gasteiger partial charge in [-0.25, -0.2) is 0 Å². The van der Waals surface area contributed by atoms with Crippen molar-refractivity contribution in [1.29, 1.82) is 0 Å². The lowest BCUT2D eigenvalue weighted by Crippen LogP contribution is -2.23. The highest BCUT2D eigenvalue weighted by molar-refractivity contribution is 9.11. The minimum absolute atomic E-state index is 0.238. The molecule has 0 fully saturated rings. The zero-order chi connectivity index (χ0) is 7.98. The molecule has 0 spiro atoms. The van der Waals surface area contributed by atoms with Gasteiger partial charge in [0.1, 0.15) is 0 Å². The SMILES string of the molecule is C=C(Br)CNCC(C)CO. The second-order valence-corrected chi connectivity index (χ2v) is 3.56. The average Bonchev–Trinajstić information content (AvgIpc) is 1.87. The van der Waals surface area contributed by atoms with Crippen molar-refractivity contribution in [2.24, 2.45) is 5.92 Å². The van der Waals surface area contributed by atoms with E-state index in [1.807, 2.05) is 6.92 Å². The third-order valence-corrected chi connectivity index (χ3v) is 1.40. The molecule has 0 aromatic rings. The van der Waals surface area contributed by atoms with Crippen LogP contribution in [0.25, 0.3) is 0 Å². The number of rotatable bonds is 5. The summed E-state index contributed by atoms with van der Waals surface area (Å²) in [6.07, 6.45) is 0. The average molecular weight is 208 g/mol. The summed E-state index contributed by atoms with van der Waals surface area (Å²) in [4.78, 5) is 0. The summed E-state index contributed by atoms with van der Waals surface area (Å²) < 4.78 is 0.942. The van der Waals surface area contributed by atoms with Crippen LogP contribution in [-0.2, 0) is 0 Å². The van der Waals surface area contributed by atoms with E-state index in [9.17, 15) is 0 Å². The van der Waals surface area contributed by atoms with E-state index in [0.29, 0.717) is 5.92 Å². The molecule has 3 heteroatoms. The Kier molecular flexibility index (Phi) is 5.97. The van der Waals surface area contributed by atoms with E-state index in [2.05, 4.69) is 27.8 Å². The van der Waals surface area contributed by atoms with Gasteiger partial charge in [0.05, 0.1) is 0 Å². The van der Waals surface area contributed by atoms with Crippen LogP contribution in [0.1, 0.15) is 6.92 Å². The van der Waals surface area contributed by atoms with Gasteiger partial charge in [0.2, 0.25) is 0 Å². The fourth-order valence-corrected chi connectivity index (χ4v) is 0.717. The van der Waals surface area contributed by atoms with Crippen LogP contribution in [0.5, 0.6) is 0 Å². The van der Waals surface area contributed by atoms with E-state index < -0.39 is 0 Å². The zero-order valence-corrected chi connectivity index (χ0v) is 7.82. The summed E-state index contributed by atoms with van der Waals surface area (Å²) in [7, 11) is 0. The molecule has 2 N–H and O–H groups in total. The molecule has 0 radical (unpaired) electrons. The molecule has 0 aliphatic carbocycles. The van der Waals surface area contributed by atoms with Gasteiger partial charge in [-0.05, 0) is 5.92 Å². The summed E-state index contributed by atoms with van der Waals surface area (Å²) in [6.45, 7) is 7.50. The Morgan fingerprint density at radius 2 is 2.40 bits per heavy atom. The maximum atomic E-state index is 8.63. The molecule has 2 nitrogen and oxygen atoms in total. The van der Waals surface area contributed by atoms with Gasteiger partial charge in [0.15, 0.2) is 0 Å². The van der Waals surface area contributed by atoms with Gasteiger partial charge in [-0.3, -0.25) is 0 Å². The van der Waals surface area contributed by atoms with Crippen LogP contribution in [0.3, 0.4) is 0 Å². The fraction of sp³-hybridized carbons (Fsp3) is 0.714. The third kappa shape index (κ3) is 6.26. The van der Waals surface area contributed by atoms with E-state index in [-0.39, 0.29) is 6.61 Å². The van der Waals surface area contributed by atoms with Gasteiger partial charge < -0.3 is 10.4 Å². The van der Waals surface area contributed by atoms with Gasteiger partial charge >= 0.3 is 0 Å². The van der Waals surface area contributed by atoms with Crippen molar-refractivity contribution in [1.82, 2.24) is 5.32 Å². The smallest absolute Gasteiger partial charge is 0.0468 e. The van der Waals surface area contributed by atoms with E-state index in [1.54, 1.807) is 0 Å². The van der Waals surface area contributed by atoms with Crippen LogP contribution in [0, 0.1) is 5.92 Å². The van der Waals surface area contributed by atoms with Crippen LogP contribution in [0.15, 0.2) is 11.1 Å². The van der Waals surface area contributed by atoms with Crippen LogP contribution in [0.2, 0.25) is 0 Å². The van der Waals surface area contributed by atoms with E-state index in [0.717, 1.165) is 17.6 Å². The summed E-state index contributed by atoms with van der Waals surface area (Å²) in [5.41, 5.74) is 0. The predicted octanol–water partition coefficient (Wildman–Crippen LogP) is 1.11. The molecule has 10 heavy (non-hydrogen) atoms. The largest absolute Gasteiger partial charge is 0.396 e. The fourth-order valence-electron chi connectivity index (χ4n) is 0.519. The van der Waals surface area contributed by atoms with Gasteiger partial charge in [-0.15, -0.1) is 0 Å². The Morgan fingerprint density at radius 1 is 1.80 bits per heavy atom. The molecule has 0 amide bonds. The maximum Gasteiger partial charge on any atom is 0.0468 e. The Balaban J connectivity index is 3.11. The quantitative estimate of drug-likeness (QED) is 0.709. The lowest BCUT2D eigenvalue weighted by Gasteiger charge is -2.07. The molecule has 0 rings (SSSR count). The Bertz CT molecular complexity index is 106. The van der Waals surface area contributed by atoms with Crippen molar-refractivity contribution in [2.45, 2.75) is 6.92 Å². The van der Waals surface area contributed by atoms with Crippen LogP contribution in [-0.4, -0.2) is 24.8 Å². The molecule has 0 aromatic heterocycles. The van der Waals surface area contributed by atoms with Crippen LogP contribution < -0.4 is 5.32 Å². The van der Waals surface area contributed by atoms with Gasteiger partial charge in [0.25, 0.3) is 0 Å². The lowest BCUT2D eigenvalue weighted by molar-refractivity contribution is 0.235. The number of hydrogen-bond donors (Lipinski definition) is 2. The molecule has 0 saturated heterocycles. The topological polar surface area (TPSA) is 32.3 Å². The van der Waals surface area contributed by atoms with Crippen molar-refractivity contribution < 1.29 is 5.11 Å². The van der Waals surface area contributed by atoms with E-state index in [4.69, 9.17) is 5.11 Å². The minimum Gasteiger partial charge on any atom is -0.396 e. The van der Waals surface area contributed by atoms with Crippen molar-refractivity contribution in [3.8, 4) is 0 Å². The molecule has 0 bridgehead atoms. The summed E-state index contributed by atoms with van der Waals surface area (Å²) in [5, 5.41) is 11.8. The van der Waals surface area contributed by atoms with Crippen molar-refractivity contribution >= 4 is 15.9 Å². The first kappa shape index (κ1) is 10.1. The molecule has 0 saturated carbocycles. The van der Waals surface area contributed by atoms with Gasteiger partial charge in [0, 0.05) is 24.2 Å². The number of nitrogens with one attached hydrogen (secondary N) is 1. The van der Waals surface area contributed by atoms with Gasteiger partial charge in [-0.1, -0.05) is 29.4 Å². The standard InChI is InChI=1S/C7H14BrNO/c1-6(5-10)3-9-4-7(2)8/h6,9-10H,2-5H2,1H3. The number of halogens is 1. The highest BCUT2D eigenvalue weighted by Crippen LogP contribution is 1.97. The minimum atomic E-state index is 0.238. The van der Waals surface area contributed by atoms with E-state index >= 15 is 0 Å². The second-order valence-electron chi connectivity index (χ2n) is 2.44. The zero-order valence-electron chi connectivity index (χ0n) is 6.23. The summed E-state index contributed by atoms with van der Waals surface area (Å²) >= 11 is 3.23. The van der Waals surface area contributed by atoms with Crippen LogP contribution in [0.4, 0.5) is 0 Å². The lowest BCUT2D eigenvalue weighted by atomic mass is 10.2. The second kappa shape index (κ2) is 5.89. The predicted molar refractivity (Wildman–Crippen MR) is 47.2 cm³/mol. The number of aliphatic hydroxyl groups excluding tert-OH is 1. The molecule has 60 valence electrons. The highest BCUT2D eigenvalue weighted by Gasteiger charge is 1.97. The number of hydrogen-bond acceptors (Lipinski definition) is 2. The van der Waals surface area contributed by atoms with Crippen LogP contribution >= 0.6 is 15.9 Å². The number of aliphatic hydroxyl groups is 1. The normalized spacial score (nSPS) is 13.1. The van der Waals surface area contributed by atoms with Crippen molar-refractivity contribution in [3.63, 3.8) is 0 Å². The van der Waals surface area contributed by atoms with Crippen molar-refractivity contribution in [2.75, 3.05) is 19.7 Å². The monoisotopic (exact) mass is 207 g/mol. The Morgan fingerprint density at radius 3 is 2.80 bits per heavy atom. The Hall–Kier alpha value is 0.140. The molecular formula is C7H14BrNO. The molecule has 0 aliphatic heterocycles. The van der Waals surface area contributed by atoms with E-state index in [1.165, 1.54) is 0 Å². The van der Waals surface area contributed by atoms with Crippen molar-refractivity contribution in [3.05, 3.63) is 11.1 Å². The molecule has 0 aliphatic rings. The molecule has 1 unspecified atom stereocenters. The summed E-state index contributed by atoms with van der Waals surface area (Å²) in [5.74, 6) is 0.326. The summed E-state index contributed by atoms with van der Waals surface area (Å²) in [6, 6.07) is 0. The maximum absolute atomic E-state index is 8.63. The molecule has 0 aromatic carbocycles. The Labute approximate surface area is 70.5 Å².